The van der Waals surface area contributed by atoms with Crippen LogP contribution in [0.4, 0.5) is 0 Å². The topological polar surface area (TPSA) is 64.7 Å². The highest BCUT2D eigenvalue weighted by atomic mass is 16.5. The summed E-state index contributed by atoms with van der Waals surface area (Å²) in [5.41, 5.74) is 5.12. The van der Waals surface area contributed by atoms with Crippen LogP contribution in [0.1, 0.15) is 26.3 Å². The fourth-order valence-corrected chi connectivity index (χ4v) is 1.66. The Labute approximate surface area is 115 Å². The zero-order valence-corrected chi connectivity index (χ0v) is 12.1. The molecule has 1 aromatic rings. The number of ether oxygens (including phenoxy) is 2. The van der Waals surface area contributed by atoms with Crippen molar-refractivity contribution in [1.29, 1.82) is 0 Å². The second-order valence-electron chi connectivity index (χ2n) is 5.62. The molecule has 0 aliphatic heterocycles. The van der Waals surface area contributed by atoms with E-state index < -0.39 is 5.60 Å². The molecule has 0 radical (unpaired) electrons. The van der Waals surface area contributed by atoms with E-state index in [2.05, 4.69) is 0 Å². The maximum absolute atomic E-state index is 10.5. The highest BCUT2D eigenvalue weighted by molar-refractivity contribution is 5.22. The molecular weight excluding hydrogens is 242 g/mol. The molecular formula is C15H25NO3. The molecule has 0 aromatic heterocycles. The van der Waals surface area contributed by atoms with E-state index in [1.54, 1.807) is 0 Å². The van der Waals surface area contributed by atoms with Gasteiger partial charge in [-0.3, -0.25) is 0 Å². The molecule has 0 saturated heterocycles. The van der Waals surface area contributed by atoms with Gasteiger partial charge < -0.3 is 20.3 Å². The van der Waals surface area contributed by atoms with Gasteiger partial charge in [-0.05, 0) is 26.3 Å². The Hall–Kier alpha value is -0.940. The van der Waals surface area contributed by atoms with Crippen LogP contribution < -0.4 is 5.73 Å². The summed E-state index contributed by atoms with van der Waals surface area (Å²) in [4.78, 5) is 0. The number of nitrogens with two attached hydrogens (primary N) is 1. The average molecular weight is 267 g/mol. The van der Waals surface area contributed by atoms with Crippen molar-refractivity contribution in [2.45, 2.75) is 32.0 Å². The Kier molecular flexibility index (Phi) is 5.94. The summed E-state index contributed by atoms with van der Waals surface area (Å²) < 4.78 is 11.0. The van der Waals surface area contributed by atoms with Gasteiger partial charge in [-0.1, -0.05) is 30.3 Å². The fourth-order valence-electron chi connectivity index (χ4n) is 1.66. The van der Waals surface area contributed by atoms with Gasteiger partial charge in [0.2, 0.25) is 0 Å². The van der Waals surface area contributed by atoms with E-state index in [1.165, 1.54) is 0 Å². The van der Waals surface area contributed by atoms with Gasteiger partial charge >= 0.3 is 0 Å². The molecule has 4 nitrogen and oxygen atoms in total. The Morgan fingerprint density at radius 3 is 2.26 bits per heavy atom. The number of hydrogen-bond acceptors (Lipinski definition) is 4. The Bertz CT molecular complexity index is 361. The maximum atomic E-state index is 10.5. The lowest BCUT2D eigenvalue weighted by Gasteiger charge is -2.27. The van der Waals surface area contributed by atoms with Gasteiger partial charge in [0.15, 0.2) is 0 Å². The molecule has 1 atom stereocenters. The first-order valence-corrected chi connectivity index (χ1v) is 6.57. The molecule has 0 fully saturated rings. The number of aliphatic hydroxyl groups is 1. The van der Waals surface area contributed by atoms with Crippen LogP contribution in [0, 0.1) is 0 Å². The minimum Gasteiger partial charge on any atom is -0.381 e. The summed E-state index contributed by atoms with van der Waals surface area (Å²) in [6, 6.07) is 9.35. The molecule has 0 spiro atoms. The predicted molar refractivity (Wildman–Crippen MR) is 75.9 cm³/mol. The summed E-state index contributed by atoms with van der Waals surface area (Å²) in [5, 5.41) is 10.5. The average Bonchev–Trinajstić information content (AvgIpc) is 2.38. The van der Waals surface area contributed by atoms with E-state index in [0.717, 1.165) is 5.56 Å². The van der Waals surface area contributed by atoms with Gasteiger partial charge in [-0.25, -0.2) is 0 Å². The first-order chi connectivity index (χ1) is 8.87. The third-order valence-electron chi connectivity index (χ3n) is 2.75. The lowest BCUT2D eigenvalue weighted by molar-refractivity contribution is -0.0765. The van der Waals surface area contributed by atoms with Crippen LogP contribution in [0.3, 0.4) is 0 Å². The zero-order valence-electron chi connectivity index (χ0n) is 12.1. The van der Waals surface area contributed by atoms with Crippen LogP contribution in [0.25, 0.3) is 0 Å². The predicted octanol–water partition coefficient (Wildman–Crippen LogP) is 1.66. The second-order valence-corrected chi connectivity index (χ2v) is 5.62. The largest absolute Gasteiger partial charge is 0.381 e. The normalized spacial score (nSPS) is 15.2. The lowest BCUT2D eigenvalue weighted by Crippen LogP contribution is -2.40. The standard InChI is InChI=1S/C15H25NO3/c1-14(2,3)19-10-9-18-12-15(17,11-16)13-7-5-4-6-8-13/h4-8,17H,9-12,16H2,1-3H3. The molecule has 0 heterocycles. The molecule has 1 unspecified atom stereocenters. The number of benzene rings is 1. The Balaban J connectivity index is 2.41. The molecule has 0 aliphatic carbocycles. The quantitative estimate of drug-likeness (QED) is 0.738. The van der Waals surface area contributed by atoms with Gasteiger partial charge in [0.05, 0.1) is 25.4 Å². The van der Waals surface area contributed by atoms with Crippen molar-refractivity contribution in [2.24, 2.45) is 5.73 Å². The second kappa shape index (κ2) is 7.01. The van der Waals surface area contributed by atoms with Crippen LogP contribution in [-0.2, 0) is 15.1 Å². The molecule has 108 valence electrons. The van der Waals surface area contributed by atoms with Crippen molar-refractivity contribution < 1.29 is 14.6 Å². The van der Waals surface area contributed by atoms with Crippen LogP contribution in [-0.4, -0.2) is 37.1 Å². The van der Waals surface area contributed by atoms with E-state index >= 15 is 0 Å². The van der Waals surface area contributed by atoms with Crippen molar-refractivity contribution in [3.05, 3.63) is 35.9 Å². The maximum Gasteiger partial charge on any atom is 0.125 e. The van der Waals surface area contributed by atoms with Crippen molar-refractivity contribution in [2.75, 3.05) is 26.4 Å². The molecule has 1 rings (SSSR count). The summed E-state index contributed by atoms with van der Waals surface area (Å²) in [5.74, 6) is 0. The van der Waals surface area contributed by atoms with Crippen molar-refractivity contribution in [1.82, 2.24) is 0 Å². The minimum absolute atomic E-state index is 0.122. The van der Waals surface area contributed by atoms with Crippen molar-refractivity contribution in [3.63, 3.8) is 0 Å². The summed E-state index contributed by atoms with van der Waals surface area (Å²) in [7, 11) is 0. The van der Waals surface area contributed by atoms with Crippen molar-refractivity contribution >= 4 is 0 Å². The third-order valence-corrected chi connectivity index (χ3v) is 2.75. The molecule has 0 aliphatic rings. The molecule has 19 heavy (non-hydrogen) atoms. The molecule has 4 heteroatoms. The molecule has 0 bridgehead atoms. The first-order valence-electron chi connectivity index (χ1n) is 6.57. The summed E-state index contributed by atoms with van der Waals surface area (Å²) >= 11 is 0. The van der Waals surface area contributed by atoms with E-state index in [9.17, 15) is 5.11 Å². The zero-order chi connectivity index (χ0) is 14.4. The fraction of sp³-hybridized carbons (Fsp3) is 0.600. The monoisotopic (exact) mass is 267 g/mol. The highest BCUT2D eigenvalue weighted by Crippen LogP contribution is 2.20. The van der Waals surface area contributed by atoms with E-state index in [1.807, 2.05) is 51.1 Å². The minimum atomic E-state index is -1.14. The van der Waals surface area contributed by atoms with Gasteiger partial charge in [0.25, 0.3) is 0 Å². The van der Waals surface area contributed by atoms with E-state index in [0.29, 0.717) is 13.2 Å². The lowest BCUT2D eigenvalue weighted by atomic mass is 9.95. The smallest absolute Gasteiger partial charge is 0.125 e. The molecule has 0 saturated carbocycles. The summed E-state index contributed by atoms with van der Waals surface area (Å²) in [6.07, 6.45) is 0. The molecule has 0 amide bonds. The SMILES string of the molecule is CC(C)(C)OCCOCC(O)(CN)c1ccccc1. The number of hydrogen-bond donors (Lipinski definition) is 2. The highest BCUT2D eigenvalue weighted by Gasteiger charge is 2.27. The van der Waals surface area contributed by atoms with Gasteiger partial charge in [0, 0.05) is 6.54 Å². The van der Waals surface area contributed by atoms with E-state index in [-0.39, 0.29) is 18.8 Å². The third kappa shape index (κ3) is 5.70. The van der Waals surface area contributed by atoms with Crippen LogP contribution in [0.15, 0.2) is 30.3 Å². The van der Waals surface area contributed by atoms with Crippen LogP contribution >= 0.6 is 0 Å². The van der Waals surface area contributed by atoms with E-state index in [4.69, 9.17) is 15.2 Å². The van der Waals surface area contributed by atoms with Crippen LogP contribution in [0.5, 0.6) is 0 Å². The van der Waals surface area contributed by atoms with Crippen LogP contribution in [0.2, 0.25) is 0 Å². The first kappa shape index (κ1) is 16.1. The number of rotatable bonds is 7. The Morgan fingerprint density at radius 2 is 1.74 bits per heavy atom. The van der Waals surface area contributed by atoms with Gasteiger partial charge in [-0.2, -0.15) is 0 Å². The van der Waals surface area contributed by atoms with Gasteiger partial charge in [0.1, 0.15) is 5.60 Å². The molecule has 3 N–H and O–H groups in total. The summed E-state index contributed by atoms with van der Waals surface area (Å²) in [6.45, 7) is 7.21. The van der Waals surface area contributed by atoms with Gasteiger partial charge in [-0.15, -0.1) is 0 Å². The van der Waals surface area contributed by atoms with Crippen molar-refractivity contribution in [3.8, 4) is 0 Å². The molecule has 1 aromatic carbocycles. The Morgan fingerprint density at radius 1 is 1.11 bits per heavy atom.